The molecule has 3 aliphatic heterocycles. The Kier molecular flexibility index (Phi) is 22.1. The first-order valence-electron chi connectivity index (χ1n) is 21.5. The summed E-state index contributed by atoms with van der Waals surface area (Å²) in [4.78, 5) is 92.2. The van der Waals surface area contributed by atoms with E-state index in [9.17, 15) is 62.0 Å². The van der Waals surface area contributed by atoms with Gasteiger partial charge in [-0.2, -0.15) is 0 Å². The lowest BCUT2D eigenvalue weighted by atomic mass is 9.83. The summed E-state index contributed by atoms with van der Waals surface area (Å²) in [7, 11) is 1.23. The van der Waals surface area contributed by atoms with Crippen molar-refractivity contribution in [3.8, 4) is 0 Å². The van der Waals surface area contributed by atoms with Gasteiger partial charge in [0.1, 0.15) is 48.7 Å². The van der Waals surface area contributed by atoms with Crippen LogP contribution in [0.15, 0.2) is 30.7 Å². The zero-order valence-corrected chi connectivity index (χ0v) is 39.6. The van der Waals surface area contributed by atoms with Gasteiger partial charge >= 0.3 is 35.8 Å². The molecule has 0 N–H and O–H groups in total. The van der Waals surface area contributed by atoms with Gasteiger partial charge in [-0.1, -0.05) is 30.7 Å². The number of azide groups is 6. The van der Waals surface area contributed by atoms with Crippen LogP contribution in [0.3, 0.4) is 0 Å². The van der Waals surface area contributed by atoms with Gasteiger partial charge in [-0.05, 0) is 39.6 Å². The molecule has 396 valence electrons. The summed E-state index contributed by atoms with van der Waals surface area (Å²) in [5.41, 5.74) is 57.4. The van der Waals surface area contributed by atoms with Gasteiger partial charge in [-0.25, -0.2) is 0 Å². The van der Waals surface area contributed by atoms with Crippen LogP contribution in [0.5, 0.6) is 0 Å². The largest absolute Gasteiger partial charge is 0.459 e. The zero-order chi connectivity index (χ0) is 53.9. The molecule has 3 saturated heterocycles. The van der Waals surface area contributed by atoms with Gasteiger partial charge in [0, 0.05) is 78.1 Å². The topological polar surface area (TPSA) is 515 Å². The first kappa shape index (κ1) is 58.0. The standard InChI is InChI=1S/C36H48N18O19/c1-12(55)62-25-18(45-51-39)8-19(46-52-40)26(71-34-23(47-53-41)30(65-15(4)58)27(63-13(2)56)20(68-34)9-43-49-37)32(25)73-36-33(67-17(6)60)29(22(70-36)11-61-7)72-35-24(48-54-42)31(66-16(5)59)28(64-14(3)57)21(69-35)10-44-50-38/h18-36H,8-11H2,1-7H3/t18-,19?,20?,21?,22-,23?,24?,25?,26-,27-,28-,29?,30?,31?,32?,33?,34-,35-,36+/m1/s1. The number of esters is 6. The normalized spacial score (nSPS) is 34.3. The molecule has 19 atom stereocenters. The van der Waals surface area contributed by atoms with Crippen LogP contribution in [-0.2, 0) is 90.3 Å². The van der Waals surface area contributed by atoms with E-state index in [4.69, 9.17) is 61.6 Å². The number of carbonyl (C=O) groups is 6. The van der Waals surface area contributed by atoms with Crippen molar-refractivity contribution in [2.45, 2.75) is 164 Å². The quantitative estimate of drug-likeness (QED) is 0.0493. The lowest BCUT2D eigenvalue weighted by Gasteiger charge is -2.48. The molecule has 0 aromatic rings. The molecule has 0 amide bonds. The van der Waals surface area contributed by atoms with Crippen LogP contribution in [0.4, 0.5) is 0 Å². The van der Waals surface area contributed by atoms with Crippen LogP contribution in [0, 0.1) is 0 Å². The number of hydrogen-bond donors (Lipinski definition) is 0. The lowest BCUT2D eigenvalue weighted by molar-refractivity contribution is -0.309. The summed E-state index contributed by atoms with van der Waals surface area (Å²) in [5.74, 6) is -5.80. The van der Waals surface area contributed by atoms with E-state index in [2.05, 4.69) is 60.2 Å². The third-order valence-corrected chi connectivity index (χ3v) is 10.8. The fraction of sp³-hybridized carbons (Fsp3) is 0.833. The molecule has 3 heterocycles. The van der Waals surface area contributed by atoms with E-state index in [0.29, 0.717) is 0 Å². The van der Waals surface area contributed by atoms with Crippen molar-refractivity contribution in [1.29, 1.82) is 0 Å². The second-order valence-electron chi connectivity index (χ2n) is 15.8. The molecular formula is C36H48N18O19. The summed E-state index contributed by atoms with van der Waals surface area (Å²) < 4.78 is 76.3. The average molecular weight is 1040 g/mol. The Labute approximate surface area is 410 Å². The third-order valence-electron chi connectivity index (χ3n) is 10.8. The van der Waals surface area contributed by atoms with E-state index >= 15 is 0 Å². The highest BCUT2D eigenvalue weighted by molar-refractivity contribution is 5.68. The lowest BCUT2D eigenvalue weighted by Crippen LogP contribution is -2.65. The second kappa shape index (κ2) is 27.9. The van der Waals surface area contributed by atoms with E-state index in [-0.39, 0.29) is 0 Å². The molecule has 0 aromatic heterocycles. The van der Waals surface area contributed by atoms with Crippen molar-refractivity contribution in [2.24, 2.45) is 30.7 Å². The highest BCUT2D eigenvalue weighted by atomic mass is 16.8. The van der Waals surface area contributed by atoms with Crippen LogP contribution >= 0.6 is 0 Å². The molecule has 11 unspecified atom stereocenters. The second-order valence-corrected chi connectivity index (χ2v) is 15.8. The van der Waals surface area contributed by atoms with Crippen molar-refractivity contribution >= 4 is 35.8 Å². The van der Waals surface area contributed by atoms with Gasteiger partial charge in [0.05, 0.1) is 37.9 Å². The number of carbonyl (C=O) groups excluding carboxylic acids is 6. The van der Waals surface area contributed by atoms with Crippen molar-refractivity contribution in [2.75, 3.05) is 26.8 Å². The summed E-state index contributed by atoms with van der Waals surface area (Å²) in [5, 5.41) is 21.9. The molecule has 37 nitrogen and oxygen atoms in total. The Balaban J connectivity index is 1.93. The number of hydrogen-bond acceptors (Lipinski definition) is 25. The maximum atomic E-state index is 13.0. The number of ether oxygens (including phenoxy) is 13. The van der Waals surface area contributed by atoms with Crippen LogP contribution < -0.4 is 0 Å². The van der Waals surface area contributed by atoms with Crippen molar-refractivity contribution in [3.05, 3.63) is 62.7 Å². The molecule has 1 saturated carbocycles. The molecule has 4 fully saturated rings. The molecule has 37 heteroatoms. The zero-order valence-electron chi connectivity index (χ0n) is 39.6. The Morgan fingerprint density at radius 1 is 0.425 bits per heavy atom. The molecular weight excluding hydrogens is 989 g/mol. The van der Waals surface area contributed by atoms with Crippen LogP contribution in [0.2, 0.25) is 0 Å². The van der Waals surface area contributed by atoms with Crippen molar-refractivity contribution in [1.82, 2.24) is 0 Å². The Bertz CT molecular complexity index is 2330. The molecule has 1 aliphatic carbocycles. The fourth-order valence-corrected chi connectivity index (χ4v) is 8.42. The molecule has 4 aliphatic rings. The molecule has 4 rings (SSSR count). The minimum absolute atomic E-state index is 0.426. The van der Waals surface area contributed by atoms with Crippen molar-refractivity contribution < 1.29 is 90.3 Å². The Morgan fingerprint density at radius 2 is 0.781 bits per heavy atom. The molecule has 0 spiro atoms. The monoisotopic (exact) mass is 1040 g/mol. The smallest absolute Gasteiger partial charge is 0.303 e. The minimum Gasteiger partial charge on any atom is -0.459 e. The van der Waals surface area contributed by atoms with E-state index < -0.39 is 178 Å². The van der Waals surface area contributed by atoms with Crippen LogP contribution in [0.1, 0.15) is 48.0 Å². The fourth-order valence-electron chi connectivity index (χ4n) is 8.42. The highest BCUT2D eigenvalue weighted by Crippen LogP contribution is 2.41. The Hall–Kier alpha value is -7.60. The first-order chi connectivity index (χ1) is 34.9. The minimum atomic E-state index is -1.96. The van der Waals surface area contributed by atoms with Gasteiger partial charge in [0.15, 0.2) is 49.4 Å². The van der Waals surface area contributed by atoms with E-state index in [1.807, 2.05) is 0 Å². The average Bonchev–Trinajstić information content (AvgIpc) is 3.61. The van der Waals surface area contributed by atoms with Gasteiger partial charge in [0.25, 0.3) is 0 Å². The van der Waals surface area contributed by atoms with Gasteiger partial charge < -0.3 is 61.6 Å². The summed E-state index contributed by atoms with van der Waals surface area (Å²) >= 11 is 0. The van der Waals surface area contributed by atoms with Crippen molar-refractivity contribution in [3.63, 3.8) is 0 Å². The van der Waals surface area contributed by atoms with E-state index in [1.165, 1.54) is 7.11 Å². The molecule has 73 heavy (non-hydrogen) atoms. The summed E-state index contributed by atoms with van der Waals surface area (Å²) in [6, 6.07) is -6.51. The molecule has 0 bridgehead atoms. The maximum absolute atomic E-state index is 13.0. The summed E-state index contributed by atoms with van der Waals surface area (Å²) in [6.45, 7) is 4.29. The highest BCUT2D eigenvalue weighted by Gasteiger charge is 2.59. The number of rotatable bonds is 22. The Morgan fingerprint density at radius 3 is 1.18 bits per heavy atom. The van der Waals surface area contributed by atoms with E-state index in [0.717, 1.165) is 41.5 Å². The van der Waals surface area contributed by atoms with E-state index in [1.54, 1.807) is 0 Å². The first-order valence-corrected chi connectivity index (χ1v) is 21.5. The van der Waals surface area contributed by atoms with Crippen LogP contribution in [-0.4, -0.2) is 179 Å². The van der Waals surface area contributed by atoms with Gasteiger partial charge in [-0.3, -0.25) is 28.8 Å². The predicted molar refractivity (Wildman–Crippen MR) is 230 cm³/mol. The predicted octanol–water partition coefficient (Wildman–Crippen LogP) is 3.29. The maximum Gasteiger partial charge on any atom is 0.303 e. The number of methoxy groups -OCH3 is 1. The third kappa shape index (κ3) is 15.4. The number of nitrogens with zero attached hydrogens (tertiary/aromatic N) is 18. The molecule has 0 aromatic carbocycles. The van der Waals surface area contributed by atoms with Crippen LogP contribution in [0.25, 0.3) is 62.7 Å². The van der Waals surface area contributed by atoms with Gasteiger partial charge in [-0.15, -0.1) is 0 Å². The summed E-state index contributed by atoms with van der Waals surface area (Å²) in [6.07, 6.45) is -26.1. The van der Waals surface area contributed by atoms with Gasteiger partial charge in [0.2, 0.25) is 0 Å². The molecule has 0 radical (unpaired) electrons. The SMILES string of the molecule is COC[C@H]1O[C@@H](OC2C(OC(C)=O)[C@H](N=[N+]=[N-])CC(N=[N+]=[N-])[C@H]2O[C@H]2OC(CN=[N+]=[N-])[C@@H](OC(C)=O)C(OC(C)=O)C2N=[N+]=[N-])C(OC(C)=O)C1O[C@H]1OC(CN=[N+]=[N-])[C@@H](OC(C)=O)C(OC(C)=O)C1N=[N+]=[N-].